The molecule has 2 aliphatic rings. The first-order chi connectivity index (χ1) is 13.4. The van der Waals surface area contributed by atoms with Crippen LogP contribution in [0.2, 0.25) is 0 Å². The standard InChI is InChI=1S/C22H26N2O3S/c1-16(2)28(26,27)21-13-6-3-10-18(21)22(25)24-15-17-9-7-8-14-23(17)19-11-4-5-12-20(19)24/h3-6,10-13,16-17H,7-9,14-15H2,1-2H3. The normalized spacial score (nSPS) is 19.3. The van der Waals surface area contributed by atoms with E-state index < -0.39 is 15.1 Å². The smallest absolute Gasteiger partial charge is 0.259 e. The zero-order chi connectivity index (χ0) is 19.9. The highest BCUT2D eigenvalue weighted by Crippen LogP contribution is 2.39. The summed E-state index contributed by atoms with van der Waals surface area (Å²) in [6.07, 6.45) is 3.36. The van der Waals surface area contributed by atoms with Gasteiger partial charge in [-0.3, -0.25) is 4.79 Å². The molecule has 5 nitrogen and oxygen atoms in total. The van der Waals surface area contributed by atoms with Crippen molar-refractivity contribution in [3.63, 3.8) is 0 Å². The molecular weight excluding hydrogens is 372 g/mol. The highest BCUT2D eigenvalue weighted by molar-refractivity contribution is 7.92. The van der Waals surface area contributed by atoms with E-state index in [0.29, 0.717) is 6.54 Å². The van der Waals surface area contributed by atoms with Gasteiger partial charge in [-0.1, -0.05) is 24.3 Å². The summed E-state index contributed by atoms with van der Waals surface area (Å²) in [6, 6.07) is 14.8. The summed E-state index contributed by atoms with van der Waals surface area (Å²) >= 11 is 0. The second-order valence-electron chi connectivity index (χ2n) is 7.84. The highest BCUT2D eigenvalue weighted by atomic mass is 32.2. The molecule has 0 aromatic heterocycles. The van der Waals surface area contributed by atoms with Crippen molar-refractivity contribution in [3.8, 4) is 0 Å². The molecule has 6 heteroatoms. The third kappa shape index (κ3) is 3.09. The van der Waals surface area contributed by atoms with Crippen molar-refractivity contribution in [1.82, 2.24) is 0 Å². The van der Waals surface area contributed by atoms with Crippen molar-refractivity contribution < 1.29 is 13.2 Å². The van der Waals surface area contributed by atoms with Gasteiger partial charge in [-0.15, -0.1) is 0 Å². The van der Waals surface area contributed by atoms with E-state index in [-0.39, 0.29) is 22.4 Å². The molecule has 2 heterocycles. The Labute approximate surface area is 166 Å². The molecule has 0 aliphatic carbocycles. The average molecular weight is 399 g/mol. The summed E-state index contributed by atoms with van der Waals surface area (Å²) in [5.41, 5.74) is 2.19. The fraction of sp³-hybridized carbons (Fsp3) is 0.409. The molecular formula is C22H26N2O3S. The SMILES string of the molecule is CC(C)S(=O)(=O)c1ccccc1C(=O)N1CC2CCCCN2c2ccccc21. The van der Waals surface area contributed by atoms with E-state index in [1.54, 1.807) is 43.0 Å². The fourth-order valence-electron chi connectivity index (χ4n) is 4.23. The minimum atomic E-state index is -3.55. The summed E-state index contributed by atoms with van der Waals surface area (Å²) in [5.74, 6) is -0.238. The monoisotopic (exact) mass is 398 g/mol. The molecule has 28 heavy (non-hydrogen) atoms. The van der Waals surface area contributed by atoms with Crippen LogP contribution in [0.5, 0.6) is 0 Å². The van der Waals surface area contributed by atoms with E-state index in [2.05, 4.69) is 11.0 Å². The van der Waals surface area contributed by atoms with Crippen LogP contribution in [-0.2, 0) is 9.84 Å². The summed E-state index contributed by atoms with van der Waals surface area (Å²) in [7, 11) is -3.55. The molecule has 2 aromatic carbocycles. The van der Waals surface area contributed by atoms with Crippen LogP contribution >= 0.6 is 0 Å². The number of anilines is 2. The number of amides is 1. The molecule has 0 saturated carbocycles. The van der Waals surface area contributed by atoms with Gasteiger partial charge < -0.3 is 9.80 Å². The van der Waals surface area contributed by atoms with E-state index >= 15 is 0 Å². The van der Waals surface area contributed by atoms with E-state index in [4.69, 9.17) is 0 Å². The lowest BCUT2D eigenvalue weighted by atomic mass is 9.96. The number of nitrogens with zero attached hydrogens (tertiary/aromatic N) is 2. The van der Waals surface area contributed by atoms with Crippen molar-refractivity contribution in [1.29, 1.82) is 0 Å². The number of carbonyl (C=O) groups excluding carboxylic acids is 1. The number of benzene rings is 2. The molecule has 2 aromatic rings. The number of sulfone groups is 1. The third-order valence-corrected chi connectivity index (χ3v) is 8.00. The highest BCUT2D eigenvalue weighted by Gasteiger charge is 2.36. The van der Waals surface area contributed by atoms with Gasteiger partial charge in [0.25, 0.3) is 5.91 Å². The van der Waals surface area contributed by atoms with Crippen LogP contribution in [0.25, 0.3) is 0 Å². The second kappa shape index (κ2) is 7.24. The first-order valence-electron chi connectivity index (χ1n) is 9.91. The predicted octanol–water partition coefficient (Wildman–Crippen LogP) is 3.89. The minimum absolute atomic E-state index is 0.124. The Hall–Kier alpha value is -2.34. The van der Waals surface area contributed by atoms with E-state index in [9.17, 15) is 13.2 Å². The van der Waals surface area contributed by atoms with Gasteiger partial charge in [0, 0.05) is 19.1 Å². The Bertz CT molecular complexity index is 1000. The molecule has 148 valence electrons. The van der Waals surface area contributed by atoms with Crippen LogP contribution in [0, 0.1) is 0 Å². The molecule has 1 fully saturated rings. The summed E-state index contributed by atoms with van der Waals surface area (Å²) in [6.45, 7) is 4.88. The van der Waals surface area contributed by atoms with Crippen molar-refractivity contribution in [3.05, 3.63) is 54.1 Å². The van der Waals surface area contributed by atoms with Crippen molar-refractivity contribution in [2.75, 3.05) is 22.9 Å². The van der Waals surface area contributed by atoms with Crippen LogP contribution in [0.15, 0.2) is 53.4 Å². The topological polar surface area (TPSA) is 57.7 Å². The van der Waals surface area contributed by atoms with Crippen LogP contribution in [0.3, 0.4) is 0 Å². The Kier molecular flexibility index (Phi) is 4.91. The first kappa shape index (κ1) is 19.0. The third-order valence-electron chi connectivity index (χ3n) is 5.79. The van der Waals surface area contributed by atoms with E-state index in [1.807, 2.05) is 18.2 Å². The molecule has 1 amide bonds. The van der Waals surface area contributed by atoms with Gasteiger partial charge in [-0.05, 0) is 57.4 Å². The Morgan fingerprint density at radius 1 is 1.00 bits per heavy atom. The van der Waals surface area contributed by atoms with Crippen LogP contribution < -0.4 is 9.80 Å². The largest absolute Gasteiger partial charge is 0.365 e. The number of rotatable bonds is 3. The van der Waals surface area contributed by atoms with E-state index in [0.717, 1.165) is 37.2 Å². The quantitative estimate of drug-likeness (QED) is 0.787. The number of fused-ring (bicyclic) bond motifs is 3. The summed E-state index contributed by atoms with van der Waals surface area (Å²) < 4.78 is 25.7. The molecule has 0 spiro atoms. The molecule has 0 bridgehead atoms. The lowest BCUT2D eigenvalue weighted by molar-refractivity contribution is 0.0979. The number of piperidine rings is 1. The molecule has 0 radical (unpaired) electrons. The van der Waals surface area contributed by atoms with Gasteiger partial charge in [0.05, 0.1) is 27.1 Å². The van der Waals surface area contributed by atoms with Gasteiger partial charge in [-0.2, -0.15) is 0 Å². The van der Waals surface area contributed by atoms with Crippen molar-refractivity contribution in [2.45, 2.75) is 49.3 Å². The lowest BCUT2D eigenvalue weighted by Crippen LogP contribution is -2.53. The summed E-state index contributed by atoms with van der Waals surface area (Å²) in [5, 5.41) is -0.580. The summed E-state index contributed by atoms with van der Waals surface area (Å²) in [4.78, 5) is 17.9. The number of para-hydroxylation sites is 2. The van der Waals surface area contributed by atoms with Gasteiger partial charge in [-0.25, -0.2) is 8.42 Å². The van der Waals surface area contributed by atoms with Gasteiger partial charge in [0.1, 0.15) is 0 Å². The van der Waals surface area contributed by atoms with E-state index in [1.165, 1.54) is 0 Å². The van der Waals surface area contributed by atoms with Gasteiger partial charge >= 0.3 is 0 Å². The maximum atomic E-state index is 13.6. The number of hydrogen-bond donors (Lipinski definition) is 0. The zero-order valence-corrected chi connectivity index (χ0v) is 17.2. The second-order valence-corrected chi connectivity index (χ2v) is 10.3. The Morgan fingerprint density at radius 2 is 1.68 bits per heavy atom. The van der Waals surface area contributed by atoms with Crippen LogP contribution in [0.4, 0.5) is 11.4 Å². The molecule has 1 atom stereocenters. The van der Waals surface area contributed by atoms with Crippen molar-refractivity contribution in [2.24, 2.45) is 0 Å². The maximum absolute atomic E-state index is 13.6. The molecule has 1 unspecified atom stereocenters. The average Bonchev–Trinajstić information content (AvgIpc) is 2.72. The molecule has 2 aliphatic heterocycles. The lowest BCUT2D eigenvalue weighted by Gasteiger charge is -2.46. The van der Waals surface area contributed by atoms with Crippen molar-refractivity contribution >= 4 is 27.1 Å². The van der Waals surface area contributed by atoms with Gasteiger partial charge in [0.15, 0.2) is 9.84 Å². The zero-order valence-electron chi connectivity index (χ0n) is 16.3. The Morgan fingerprint density at radius 3 is 2.43 bits per heavy atom. The van der Waals surface area contributed by atoms with Gasteiger partial charge in [0.2, 0.25) is 0 Å². The molecule has 4 rings (SSSR count). The minimum Gasteiger partial charge on any atom is -0.365 e. The molecule has 1 saturated heterocycles. The number of carbonyl (C=O) groups is 1. The molecule has 0 N–H and O–H groups in total. The van der Waals surface area contributed by atoms with Crippen LogP contribution in [0.1, 0.15) is 43.5 Å². The predicted molar refractivity (Wildman–Crippen MR) is 112 cm³/mol. The fourth-order valence-corrected chi connectivity index (χ4v) is 5.47. The van der Waals surface area contributed by atoms with Crippen LogP contribution in [-0.4, -0.2) is 38.7 Å². The Balaban J connectivity index is 1.79. The first-order valence-corrected chi connectivity index (χ1v) is 11.5. The number of hydrogen-bond acceptors (Lipinski definition) is 4. The maximum Gasteiger partial charge on any atom is 0.259 e.